The predicted molar refractivity (Wildman–Crippen MR) is 126 cm³/mol. The molecule has 0 saturated carbocycles. The Morgan fingerprint density at radius 1 is 1.26 bits per heavy atom. The first-order chi connectivity index (χ1) is 16.5. The number of hydrogen-bond donors (Lipinski definition) is 1. The standard InChI is InChI=1S/C23H23N3O6S2/c1-12-7-8-13-17(9-12)34-21(19(13)22(28)29-2)24-18(27)11-33-23-26-25-20(32-23)16-10-30-14-5-3-4-6-15(14)31-16/h3-6,12,16H,7-11H2,1-2H3,(H,24,27). The lowest BCUT2D eigenvalue weighted by molar-refractivity contribution is -0.113. The molecule has 9 nitrogen and oxygen atoms in total. The number of anilines is 1. The van der Waals surface area contributed by atoms with E-state index in [0.29, 0.717) is 28.0 Å². The zero-order valence-corrected chi connectivity index (χ0v) is 20.3. The average Bonchev–Trinajstić information content (AvgIpc) is 3.46. The van der Waals surface area contributed by atoms with Gasteiger partial charge in [-0.2, -0.15) is 0 Å². The zero-order chi connectivity index (χ0) is 23.7. The summed E-state index contributed by atoms with van der Waals surface area (Å²) in [4.78, 5) is 26.2. The fourth-order valence-electron chi connectivity index (χ4n) is 4.00. The molecule has 2 aromatic heterocycles. The van der Waals surface area contributed by atoms with E-state index >= 15 is 0 Å². The van der Waals surface area contributed by atoms with Gasteiger partial charge in [-0.05, 0) is 42.9 Å². The lowest BCUT2D eigenvalue weighted by atomic mass is 9.88. The van der Waals surface area contributed by atoms with Gasteiger partial charge in [-0.25, -0.2) is 4.79 Å². The number of hydrogen-bond acceptors (Lipinski definition) is 10. The van der Waals surface area contributed by atoms with Gasteiger partial charge in [-0.1, -0.05) is 30.8 Å². The molecule has 2 atom stereocenters. The first-order valence-corrected chi connectivity index (χ1v) is 12.7. The molecule has 11 heteroatoms. The van der Waals surface area contributed by atoms with Gasteiger partial charge in [0.25, 0.3) is 11.1 Å². The molecule has 0 saturated heterocycles. The van der Waals surface area contributed by atoms with Gasteiger partial charge in [0.05, 0.1) is 18.4 Å². The molecule has 1 amide bonds. The average molecular weight is 502 g/mol. The van der Waals surface area contributed by atoms with Crippen LogP contribution in [0.25, 0.3) is 0 Å². The van der Waals surface area contributed by atoms with Gasteiger partial charge in [-0.3, -0.25) is 4.79 Å². The summed E-state index contributed by atoms with van der Waals surface area (Å²) in [7, 11) is 1.35. The molecule has 2 aliphatic rings. The molecule has 1 N–H and O–H groups in total. The highest BCUT2D eigenvalue weighted by Crippen LogP contribution is 2.40. The molecule has 0 bridgehead atoms. The van der Waals surface area contributed by atoms with Gasteiger partial charge < -0.3 is 23.9 Å². The summed E-state index contributed by atoms with van der Waals surface area (Å²) in [5, 5.41) is 11.7. The molecule has 2 unspecified atom stereocenters. The first kappa shape index (κ1) is 22.7. The van der Waals surface area contributed by atoms with E-state index in [4.69, 9.17) is 18.6 Å². The number of fused-ring (bicyclic) bond motifs is 2. The third kappa shape index (κ3) is 4.62. The topological polar surface area (TPSA) is 113 Å². The second kappa shape index (κ2) is 9.67. The van der Waals surface area contributed by atoms with Gasteiger partial charge in [0.1, 0.15) is 11.6 Å². The normalized spacial score (nSPS) is 18.8. The van der Waals surface area contributed by atoms with Crippen molar-refractivity contribution in [3.05, 3.63) is 46.2 Å². The smallest absolute Gasteiger partial charge is 0.341 e. The van der Waals surface area contributed by atoms with Crippen LogP contribution >= 0.6 is 23.1 Å². The van der Waals surface area contributed by atoms with Crippen LogP contribution in [0.4, 0.5) is 5.00 Å². The highest BCUT2D eigenvalue weighted by Gasteiger charge is 2.30. The SMILES string of the molecule is COC(=O)c1c(NC(=O)CSc2nnc(C3COc4ccccc4O3)o2)sc2c1CCC(C)C2. The fraction of sp³-hybridized carbons (Fsp3) is 0.391. The molecule has 3 heterocycles. The summed E-state index contributed by atoms with van der Waals surface area (Å²) in [6.45, 7) is 2.44. The number of nitrogens with zero attached hydrogens (tertiary/aromatic N) is 2. The molecule has 34 heavy (non-hydrogen) atoms. The Morgan fingerprint density at radius 2 is 2.09 bits per heavy atom. The summed E-state index contributed by atoms with van der Waals surface area (Å²) < 4.78 is 22.2. The van der Waals surface area contributed by atoms with E-state index in [-0.39, 0.29) is 29.4 Å². The Bertz CT molecular complexity index is 1220. The van der Waals surface area contributed by atoms with Crippen LogP contribution in [0.5, 0.6) is 11.5 Å². The minimum atomic E-state index is -0.520. The van der Waals surface area contributed by atoms with Crippen molar-refractivity contribution in [3.8, 4) is 11.5 Å². The number of nitrogens with one attached hydrogen (secondary N) is 1. The Labute approximate surface area is 204 Å². The molecule has 1 aliphatic carbocycles. The molecular formula is C23H23N3O6S2. The van der Waals surface area contributed by atoms with E-state index in [1.54, 1.807) is 0 Å². The number of rotatable bonds is 6. The lowest BCUT2D eigenvalue weighted by Crippen LogP contribution is -2.21. The monoisotopic (exact) mass is 501 g/mol. The van der Waals surface area contributed by atoms with E-state index in [1.807, 2.05) is 24.3 Å². The summed E-state index contributed by atoms with van der Waals surface area (Å²) in [6.07, 6.45) is 2.20. The number of ether oxygens (including phenoxy) is 3. The van der Waals surface area contributed by atoms with Crippen LogP contribution in [-0.2, 0) is 22.4 Å². The number of carbonyl (C=O) groups is 2. The number of thiophene rings is 1. The van der Waals surface area contributed by atoms with E-state index < -0.39 is 12.1 Å². The Balaban J connectivity index is 1.22. The van der Waals surface area contributed by atoms with Crippen LogP contribution in [0, 0.1) is 5.92 Å². The van der Waals surface area contributed by atoms with Crippen LogP contribution < -0.4 is 14.8 Å². The maximum absolute atomic E-state index is 12.7. The van der Waals surface area contributed by atoms with Gasteiger partial charge in [0, 0.05) is 4.88 Å². The van der Waals surface area contributed by atoms with Gasteiger partial charge in [0.15, 0.2) is 11.5 Å². The van der Waals surface area contributed by atoms with E-state index in [0.717, 1.165) is 41.5 Å². The van der Waals surface area contributed by atoms with Gasteiger partial charge >= 0.3 is 5.97 Å². The van der Waals surface area contributed by atoms with Crippen LogP contribution in [0.2, 0.25) is 0 Å². The zero-order valence-electron chi connectivity index (χ0n) is 18.7. The van der Waals surface area contributed by atoms with Crippen molar-refractivity contribution in [2.24, 2.45) is 5.92 Å². The quantitative estimate of drug-likeness (QED) is 0.390. The maximum Gasteiger partial charge on any atom is 0.341 e. The summed E-state index contributed by atoms with van der Waals surface area (Å²) >= 11 is 2.57. The fourth-order valence-corrected chi connectivity index (χ4v) is 5.98. The Hall–Kier alpha value is -3.05. The van der Waals surface area contributed by atoms with Crippen molar-refractivity contribution in [1.82, 2.24) is 10.2 Å². The van der Waals surface area contributed by atoms with Crippen molar-refractivity contribution >= 4 is 40.0 Å². The predicted octanol–water partition coefficient (Wildman–Crippen LogP) is 4.29. The number of amides is 1. The first-order valence-electron chi connectivity index (χ1n) is 10.9. The van der Waals surface area contributed by atoms with Crippen LogP contribution in [0.1, 0.15) is 46.1 Å². The van der Waals surface area contributed by atoms with Crippen molar-refractivity contribution < 1.29 is 28.2 Å². The summed E-state index contributed by atoms with van der Waals surface area (Å²) in [5.74, 6) is 1.47. The molecular weight excluding hydrogens is 478 g/mol. The molecule has 1 aliphatic heterocycles. The number of para-hydroxylation sites is 2. The molecule has 0 spiro atoms. The van der Waals surface area contributed by atoms with E-state index in [1.165, 1.54) is 18.4 Å². The van der Waals surface area contributed by atoms with E-state index in [9.17, 15) is 9.59 Å². The molecule has 1 aromatic carbocycles. The Morgan fingerprint density at radius 3 is 2.91 bits per heavy atom. The Kier molecular flexibility index (Phi) is 6.46. The van der Waals surface area contributed by atoms with Crippen LogP contribution in [0.15, 0.2) is 33.9 Å². The molecule has 0 fully saturated rings. The summed E-state index contributed by atoms with van der Waals surface area (Å²) in [5.41, 5.74) is 1.47. The largest absolute Gasteiger partial charge is 0.485 e. The minimum Gasteiger partial charge on any atom is -0.485 e. The second-order valence-electron chi connectivity index (χ2n) is 8.15. The number of thioether (sulfide) groups is 1. The molecule has 178 valence electrons. The molecule has 3 aromatic rings. The number of benzene rings is 1. The maximum atomic E-state index is 12.7. The van der Waals surface area contributed by atoms with Gasteiger partial charge in [0.2, 0.25) is 12.0 Å². The number of esters is 1. The lowest BCUT2D eigenvalue weighted by Gasteiger charge is -2.23. The third-order valence-electron chi connectivity index (χ3n) is 5.69. The minimum absolute atomic E-state index is 0.0477. The van der Waals surface area contributed by atoms with Crippen LogP contribution in [-0.4, -0.2) is 41.5 Å². The third-order valence-corrected chi connectivity index (χ3v) is 7.68. The number of carbonyl (C=O) groups excluding carboxylic acids is 2. The van der Waals surface area contributed by atoms with E-state index in [2.05, 4.69) is 22.4 Å². The van der Waals surface area contributed by atoms with Gasteiger partial charge in [-0.15, -0.1) is 21.5 Å². The molecule has 5 rings (SSSR count). The highest BCUT2D eigenvalue weighted by atomic mass is 32.2. The number of aromatic nitrogens is 2. The van der Waals surface area contributed by atoms with Crippen molar-refractivity contribution in [3.63, 3.8) is 0 Å². The number of methoxy groups -OCH3 is 1. The van der Waals surface area contributed by atoms with Crippen molar-refractivity contribution in [2.75, 3.05) is 24.8 Å². The second-order valence-corrected chi connectivity index (χ2v) is 10.2. The van der Waals surface area contributed by atoms with Crippen molar-refractivity contribution in [1.29, 1.82) is 0 Å². The summed E-state index contributed by atoms with van der Waals surface area (Å²) in [6, 6.07) is 7.36. The van der Waals surface area contributed by atoms with Crippen LogP contribution in [0.3, 0.4) is 0 Å². The van der Waals surface area contributed by atoms with Crippen molar-refractivity contribution in [2.45, 2.75) is 37.5 Å². The molecule has 0 radical (unpaired) electrons. The highest BCUT2D eigenvalue weighted by molar-refractivity contribution is 7.99.